The van der Waals surface area contributed by atoms with E-state index < -0.39 is 0 Å². The van der Waals surface area contributed by atoms with Crippen LogP contribution in [-0.2, 0) is 7.05 Å². The molecule has 0 unspecified atom stereocenters. The SMILES string of the molecule is Cc1cn2cc(C(=O)Nc3ccn(C)n3)cc(-c3cccc(Cl)c3)c2n1. The molecular formula is C19H16ClN5O. The van der Waals surface area contributed by atoms with Crippen LogP contribution >= 0.6 is 11.6 Å². The Balaban J connectivity index is 1.82. The maximum absolute atomic E-state index is 12.7. The number of halogens is 1. The highest BCUT2D eigenvalue weighted by atomic mass is 35.5. The van der Waals surface area contributed by atoms with Crippen molar-refractivity contribution in [1.29, 1.82) is 0 Å². The number of hydrogen-bond donors (Lipinski definition) is 1. The smallest absolute Gasteiger partial charge is 0.258 e. The summed E-state index contributed by atoms with van der Waals surface area (Å²) in [6.07, 6.45) is 5.43. The standard InChI is InChI=1S/C19H16ClN5O/c1-12-10-25-11-14(19(26)22-17-6-7-24(2)23-17)9-16(18(25)21-12)13-4-3-5-15(20)8-13/h3-11H,1-2H3,(H,22,23,26). The molecule has 0 fully saturated rings. The van der Waals surface area contributed by atoms with Crippen LogP contribution in [0.25, 0.3) is 16.8 Å². The minimum absolute atomic E-state index is 0.236. The Morgan fingerprint density at radius 2 is 2.04 bits per heavy atom. The first-order valence-corrected chi connectivity index (χ1v) is 8.44. The van der Waals surface area contributed by atoms with Gasteiger partial charge in [-0.15, -0.1) is 0 Å². The van der Waals surface area contributed by atoms with E-state index in [4.69, 9.17) is 11.6 Å². The monoisotopic (exact) mass is 365 g/mol. The van der Waals surface area contributed by atoms with Gasteiger partial charge in [0.2, 0.25) is 0 Å². The highest BCUT2D eigenvalue weighted by Crippen LogP contribution is 2.28. The van der Waals surface area contributed by atoms with Gasteiger partial charge >= 0.3 is 0 Å². The zero-order chi connectivity index (χ0) is 18.3. The molecule has 0 aliphatic rings. The lowest BCUT2D eigenvalue weighted by molar-refractivity contribution is 0.102. The van der Waals surface area contributed by atoms with E-state index >= 15 is 0 Å². The van der Waals surface area contributed by atoms with Gasteiger partial charge < -0.3 is 9.72 Å². The summed E-state index contributed by atoms with van der Waals surface area (Å²) in [7, 11) is 1.80. The van der Waals surface area contributed by atoms with E-state index in [9.17, 15) is 4.79 Å². The van der Waals surface area contributed by atoms with Crippen molar-refractivity contribution < 1.29 is 4.79 Å². The number of anilines is 1. The topological polar surface area (TPSA) is 64.2 Å². The number of aryl methyl sites for hydroxylation is 2. The fourth-order valence-electron chi connectivity index (χ4n) is 2.88. The van der Waals surface area contributed by atoms with Gasteiger partial charge in [-0.3, -0.25) is 9.48 Å². The van der Waals surface area contributed by atoms with Crippen molar-refractivity contribution >= 4 is 29.0 Å². The number of carbonyl (C=O) groups excluding carboxylic acids is 1. The first-order chi connectivity index (χ1) is 12.5. The van der Waals surface area contributed by atoms with Crippen LogP contribution in [0, 0.1) is 6.92 Å². The zero-order valence-electron chi connectivity index (χ0n) is 14.3. The van der Waals surface area contributed by atoms with Crippen molar-refractivity contribution in [2.24, 2.45) is 7.05 Å². The van der Waals surface area contributed by atoms with Gasteiger partial charge in [0.15, 0.2) is 5.82 Å². The van der Waals surface area contributed by atoms with Crippen molar-refractivity contribution in [3.8, 4) is 11.1 Å². The first kappa shape index (κ1) is 16.4. The summed E-state index contributed by atoms with van der Waals surface area (Å²) < 4.78 is 3.49. The number of benzene rings is 1. The van der Waals surface area contributed by atoms with Gasteiger partial charge in [-0.25, -0.2) is 4.98 Å². The van der Waals surface area contributed by atoms with Crippen LogP contribution in [0.5, 0.6) is 0 Å². The molecule has 0 aliphatic heterocycles. The Bertz CT molecular complexity index is 1130. The minimum atomic E-state index is -0.236. The number of imidazole rings is 1. The molecule has 26 heavy (non-hydrogen) atoms. The third-order valence-corrected chi connectivity index (χ3v) is 4.26. The Kier molecular flexibility index (Phi) is 3.97. The van der Waals surface area contributed by atoms with Crippen molar-refractivity contribution in [3.63, 3.8) is 0 Å². The summed E-state index contributed by atoms with van der Waals surface area (Å²) in [5.74, 6) is 0.268. The number of nitrogens with one attached hydrogen (secondary N) is 1. The molecule has 3 heterocycles. The maximum atomic E-state index is 12.7. The molecule has 4 rings (SSSR count). The van der Waals surface area contributed by atoms with Crippen LogP contribution < -0.4 is 5.32 Å². The fourth-order valence-corrected chi connectivity index (χ4v) is 3.07. The predicted molar refractivity (Wildman–Crippen MR) is 102 cm³/mol. The summed E-state index contributed by atoms with van der Waals surface area (Å²) in [5, 5.41) is 7.62. The van der Waals surface area contributed by atoms with E-state index in [1.165, 1.54) is 0 Å². The Labute approximate surface area is 155 Å². The molecule has 0 saturated heterocycles. The average Bonchev–Trinajstić information content (AvgIpc) is 3.18. The molecular weight excluding hydrogens is 350 g/mol. The number of nitrogens with zero attached hydrogens (tertiary/aromatic N) is 4. The minimum Gasteiger partial charge on any atom is -0.306 e. The normalized spacial score (nSPS) is 11.0. The summed E-state index contributed by atoms with van der Waals surface area (Å²) in [5.41, 5.74) is 3.90. The molecule has 6 nitrogen and oxygen atoms in total. The molecule has 0 aliphatic carbocycles. The third kappa shape index (κ3) is 3.07. The van der Waals surface area contributed by atoms with Gasteiger partial charge in [-0.05, 0) is 30.7 Å². The van der Waals surface area contributed by atoms with Crippen LogP contribution in [0.3, 0.4) is 0 Å². The van der Waals surface area contributed by atoms with E-state index in [0.717, 1.165) is 22.5 Å². The number of fused-ring (bicyclic) bond motifs is 1. The second-order valence-corrected chi connectivity index (χ2v) is 6.53. The highest BCUT2D eigenvalue weighted by molar-refractivity contribution is 6.30. The van der Waals surface area contributed by atoms with Gasteiger partial charge in [-0.2, -0.15) is 5.10 Å². The lowest BCUT2D eigenvalue weighted by Gasteiger charge is -2.09. The summed E-state index contributed by atoms with van der Waals surface area (Å²) in [6.45, 7) is 1.92. The molecule has 3 aromatic heterocycles. The lowest BCUT2D eigenvalue weighted by atomic mass is 10.0. The Morgan fingerprint density at radius 3 is 2.77 bits per heavy atom. The largest absolute Gasteiger partial charge is 0.306 e. The highest BCUT2D eigenvalue weighted by Gasteiger charge is 2.15. The van der Waals surface area contributed by atoms with Crippen LogP contribution in [0.15, 0.2) is 55.0 Å². The van der Waals surface area contributed by atoms with Gasteiger partial charge in [-0.1, -0.05) is 23.7 Å². The molecule has 0 radical (unpaired) electrons. The number of hydrogen-bond acceptors (Lipinski definition) is 3. The average molecular weight is 366 g/mol. The van der Waals surface area contributed by atoms with Crippen molar-refractivity contribution in [2.45, 2.75) is 6.92 Å². The molecule has 1 amide bonds. The van der Waals surface area contributed by atoms with Crippen LogP contribution in [0.2, 0.25) is 5.02 Å². The number of pyridine rings is 1. The Hall–Kier alpha value is -3.12. The van der Waals surface area contributed by atoms with Crippen LogP contribution in [0.4, 0.5) is 5.82 Å². The molecule has 0 bridgehead atoms. The molecule has 1 aromatic carbocycles. The van der Waals surface area contributed by atoms with Crippen LogP contribution in [-0.4, -0.2) is 25.1 Å². The lowest BCUT2D eigenvalue weighted by Crippen LogP contribution is -2.13. The van der Waals surface area contributed by atoms with Gasteiger partial charge in [0.1, 0.15) is 5.65 Å². The quantitative estimate of drug-likeness (QED) is 0.598. The van der Waals surface area contributed by atoms with E-state index in [2.05, 4.69) is 15.4 Å². The van der Waals surface area contributed by atoms with E-state index in [1.54, 1.807) is 30.2 Å². The predicted octanol–water partition coefficient (Wildman–Crippen LogP) is 3.95. The molecule has 1 N–H and O–H groups in total. The van der Waals surface area contributed by atoms with Crippen molar-refractivity contribution in [2.75, 3.05) is 5.32 Å². The maximum Gasteiger partial charge on any atom is 0.258 e. The number of amides is 1. The molecule has 0 saturated carbocycles. The molecule has 4 aromatic rings. The first-order valence-electron chi connectivity index (χ1n) is 8.06. The van der Waals surface area contributed by atoms with Crippen molar-refractivity contribution in [1.82, 2.24) is 19.2 Å². The summed E-state index contributed by atoms with van der Waals surface area (Å²) in [6, 6.07) is 11.1. The molecule has 130 valence electrons. The number of carbonyl (C=O) groups is 1. The molecule has 0 spiro atoms. The van der Waals surface area contributed by atoms with E-state index in [1.807, 2.05) is 47.9 Å². The fraction of sp³-hybridized carbons (Fsp3) is 0.105. The van der Waals surface area contributed by atoms with E-state index in [0.29, 0.717) is 16.4 Å². The van der Waals surface area contributed by atoms with Crippen molar-refractivity contribution in [3.05, 3.63) is 71.3 Å². The molecule has 0 atom stereocenters. The van der Waals surface area contributed by atoms with Gasteiger partial charge in [0.25, 0.3) is 5.91 Å². The Morgan fingerprint density at radius 1 is 1.19 bits per heavy atom. The van der Waals surface area contributed by atoms with E-state index in [-0.39, 0.29) is 5.91 Å². The zero-order valence-corrected chi connectivity index (χ0v) is 15.0. The van der Waals surface area contributed by atoms with Gasteiger partial charge in [0, 0.05) is 42.3 Å². The number of aromatic nitrogens is 4. The third-order valence-electron chi connectivity index (χ3n) is 4.02. The second kappa shape index (κ2) is 6.31. The van der Waals surface area contributed by atoms with Crippen LogP contribution in [0.1, 0.15) is 16.1 Å². The second-order valence-electron chi connectivity index (χ2n) is 6.09. The van der Waals surface area contributed by atoms with Gasteiger partial charge in [0.05, 0.1) is 11.3 Å². The molecule has 7 heteroatoms. The summed E-state index contributed by atoms with van der Waals surface area (Å²) >= 11 is 6.15. The summed E-state index contributed by atoms with van der Waals surface area (Å²) in [4.78, 5) is 17.3. The number of rotatable bonds is 3.